The van der Waals surface area contributed by atoms with Crippen molar-refractivity contribution in [1.82, 2.24) is 0 Å². The maximum Gasteiger partial charge on any atom is 0.355 e. The van der Waals surface area contributed by atoms with Crippen LogP contribution in [-0.2, 0) is 0 Å². The van der Waals surface area contributed by atoms with Crippen LogP contribution in [0.3, 0.4) is 0 Å². The molecule has 72 valence electrons. The van der Waals surface area contributed by atoms with Crippen molar-refractivity contribution < 1.29 is 4.42 Å². The Balaban J connectivity index is 2.99. The molecule has 0 fully saturated rings. The van der Waals surface area contributed by atoms with E-state index < -0.39 is 5.63 Å². The van der Waals surface area contributed by atoms with Crippen LogP contribution in [0.25, 0.3) is 11.0 Å². The number of halogens is 1. The molecule has 1 heterocycles. The Morgan fingerprint density at radius 3 is 2.71 bits per heavy atom. The Labute approximate surface area is 86.1 Å². The average molecular weight is 209 g/mol. The summed E-state index contributed by atoms with van der Waals surface area (Å²) in [7, 11) is 0. The van der Waals surface area contributed by atoms with Crippen LogP contribution in [0.2, 0.25) is 5.02 Å². The zero-order valence-electron chi connectivity index (χ0n) is 7.93. The molecule has 0 aliphatic carbocycles. The van der Waals surface area contributed by atoms with Crippen molar-refractivity contribution in [3.63, 3.8) is 0 Å². The summed E-state index contributed by atoms with van der Waals surface area (Å²) in [6.45, 7) is 3.80. The number of fused-ring (bicyclic) bond motifs is 1. The fraction of sp³-hybridized carbons (Fsp3) is 0.182. The first-order valence-electron chi connectivity index (χ1n) is 4.29. The van der Waals surface area contributed by atoms with Crippen LogP contribution in [0, 0.1) is 13.8 Å². The maximum absolute atomic E-state index is 11.2. The molecule has 2 nitrogen and oxygen atoms in total. The van der Waals surface area contributed by atoms with Gasteiger partial charge in [-0.2, -0.15) is 0 Å². The molecule has 0 aliphatic heterocycles. The second kappa shape index (κ2) is 3.14. The lowest BCUT2D eigenvalue weighted by atomic mass is 10.1. The van der Waals surface area contributed by atoms with E-state index in [0.29, 0.717) is 5.58 Å². The summed E-state index contributed by atoms with van der Waals surface area (Å²) >= 11 is 5.80. The molecule has 0 radical (unpaired) electrons. The van der Waals surface area contributed by atoms with E-state index in [9.17, 15) is 4.79 Å². The van der Waals surface area contributed by atoms with E-state index in [1.165, 1.54) is 0 Å². The van der Waals surface area contributed by atoms with Crippen molar-refractivity contribution in [2.75, 3.05) is 0 Å². The quantitative estimate of drug-likeness (QED) is 0.623. The van der Waals surface area contributed by atoms with Gasteiger partial charge in [0.1, 0.15) is 10.6 Å². The van der Waals surface area contributed by atoms with E-state index in [-0.39, 0.29) is 5.02 Å². The predicted molar refractivity (Wildman–Crippen MR) is 57.0 cm³/mol. The number of aryl methyl sites for hydroxylation is 2. The normalized spacial score (nSPS) is 10.8. The topological polar surface area (TPSA) is 30.2 Å². The third kappa shape index (κ3) is 1.32. The van der Waals surface area contributed by atoms with Crippen LogP contribution >= 0.6 is 11.6 Å². The molecule has 0 saturated heterocycles. The molecular weight excluding hydrogens is 200 g/mol. The summed E-state index contributed by atoms with van der Waals surface area (Å²) < 4.78 is 5.04. The Hall–Kier alpha value is -1.28. The summed E-state index contributed by atoms with van der Waals surface area (Å²) in [5.41, 5.74) is 2.01. The second-order valence-electron chi connectivity index (χ2n) is 3.33. The van der Waals surface area contributed by atoms with Crippen LogP contribution in [-0.4, -0.2) is 0 Å². The maximum atomic E-state index is 11.2. The lowest BCUT2D eigenvalue weighted by molar-refractivity contribution is 0.560. The van der Waals surface area contributed by atoms with Gasteiger partial charge in [0.05, 0.1) is 0 Å². The van der Waals surface area contributed by atoms with Gasteiger partial charge in [-0.15, -0.1) is 0 Å². The molecule has 0 saturated carbocycles. The van der Waals surface area contributed by atoms with Crippen molar-refractivity contribution in [3.05, 3.63) is 44.8 Å². The Kier molecular flexibility index (Phi) is 2.08. The summed E-state index contributed by atoms with van der Waals surface area (Å²) in [5.74, 6) is 0. The average Bonchev–Trinajstić information content (AvgIpc) is 2.16. The molecule has 0 amide bonds. The van der Waals surface area contributed by atoms with Gasteiger partial charge in [-0.1, -0.05) is 23.2 Å². The highest BCUT2D eigenvalue weighted by Crippen LogP contribution is 2.22. The SMILES string of the molecule is Cc1ccc2oc(=O)c(Cl)c(C)c2c1. The molecule has 2 rings (SSSR count). The van der Waals surface area contributed by atoms with Gasteiger partial charge in [0, 0.05) is 5.39 Å². The monoisotopic (exact) mass is 208 g/mol. The molecule has 3 heteroatoms. The molecule has 0 bridgehead atoms. The van der Waals surface area contributed by atoms with Gasteiger partial charge in [0.2, 0.25) is 0 Å². The molecule has 0 atom stereocenters. The van der Waals surface area contributed by atoms with Crippen molar-refractivity contribution in [3.8, 4) is 0 Å². The van der Waals surface area contributed by atoms with E-state index in [1.54, 1.807) is 6.07 Å². The van der Waals surface area contributed by atoms with Crippen LogP contribution in [0.15, 0.2) is 27.4 Å². The molecule has 0 unspecified atom stereocenters. The van der Waals surface area contributed by atoms with Gasteiger partial charge in [0.15, 0.2) is 0 Å². The number of hydrogen-bond donors (Lipinski definition) is 0. The highest BCUT2D eigenvalue weighted by Gasteiger charge is 2.08. The number of rotatable bonds is 0. The molecule has 1 aromatic carbocycles. The van der Waals surface area contributed by atoms with Crippen molar-refractivity contribution in [2.24, 2.45) is 0 Å². The van der Waals surface area contributed by atoms with Gasteiger partial charge in [-0.25, -0.2) is 4.79 Å². The number of benzene rings is 1. The lowest BCUT2D eigenvalue weighted by Crippen LogP contribution is -2.01. The van der Waals surface area contributed by atoms with Crippen molar-refractivity contribution in [2.45, 2.75) is 13.8 Å². The highest BCUT2D eigenvalue weighted by molar-refractivity contribution is 6.31. The minimum absolute atomic E-state index is 0.170. The Morgan fingerprint density at radius 1 is 1.29 bits per heavy atom. The Morgan fingerprint density at radius 2 is 2.00 bits per heavy atom. The summed E-state index contributed by atoms with van der Waals surface area (Å²) in [5, 5.41) is 1.07. The van der Waals surface area contributed by atoms with E-state index in [0.717, 1.165) is 16.5 Å². The largest absolute Gasteiger partial charge is 0.422 e. The highest BCUT2D eigenvalue weighted by atomic mass is 35.5. The van der Waals surface area contributed by atoms with Gasteiger partial charge in [-0.05, 0) is 31.5 Å². The lowest BCUT2D eigenvalue weighted by Gasteiger charge is -2.02. The smallest absolute Gasteiger partial charge is 0.355 e. The summed E-state index contributed by atoms with van der Waals surface area (Å²) in [6, 6.07) is 5.65. The van der Waals surface area contributed by atoms with Crippen molar-refractivity contribution >= 4 is 22.6 Å². The molecule has 14 heavy (non-hydrogen) atoms. The zero-order chi connectivity index (χ0) is 10.3. The molecule has 0 N–H and O–H groups in total. The van der Waals surface area contributed by atoms with Crippen LogP contribution in [0.5, 0.6) is 0 Å². The van der Waals surface area contributed by atoms with Crippen LogP contribution < -0.4 is 5.63 Å². The van der Waals surface area contributed by atoms with Crippen molar-refractivity contribution in [1.29, 1.82) is 0 Å². The van der Waals surface area contributed by atoms with E-state index in [2.05, 4.69) is 0 Å². The van der Waals surface area contributed by atoms with E-state index >= 15 is 0 Å². The summed E-state index contributed by atoms with van der Waals surface area (Å²) in [4.78, 5) is 11.2. The third-order valence-electron chi connectivity index (χ3n) is 2.25. The summed E-state index contributed by atoms with van der Waals surface area (Å²) in [6.07, 6.45) is 0. The van der Waals surface area contributed by atoms with Crippen LogP contribution in [0.4, 0.5) is 0 Å². The van der Waals surface area contributed by atoms with Gasteiger partial charge in [0.25, 0.3) is 0 Å². The first kappa shape index (κ1) is 9.28. The first-order chi connectivity index (χ1) is 6.59. The van der Waals surface area contributed by atoms with Gasteiger partial charge < -0.3 is 4.42 Å². The molecular formula is C11H9ClO2. The Bertz CT molecular complexity index is 555. The van der Waals surface area contributed by atoms with Crippen LogP contribution in [0.1, 0.15) is 11.1 Å². The zero-order valence-corrected chi connectivity index (χ0v) is 8.68. The molecule has 0 aliphatic rings. The predicted octanol–water partition coefficient (Wildman–Crippen LogP) is 3.06. The van der Waals surface area contributed by atoms with E-state index in [4.69, 9.17) is 16.0 Å². The van der Waals surface area contributed by atoms with Gasteiger partial charge in [-0.3, -0.25) is 0 Å². The second-order valence-corrected chi connectivity index (χ2v) is 3.71. The fourth-order valence-corrected chi connectivity index (χ4v) is 1.58. The molecule has 1 aromatic heterocycles. The fourth-order valence-electron chi connectivity index (χ4n) is 1.44. The minimum atomic E-state index is -0.472. The molecule has 0 spiro atoms. The minimum Gasteiger partial charge on any atom is -0.422 e. The first-order valence-corrected chi connectivity index (χ1v) is 4.67. The molecule has 2 aromatic rings. The van der Waals surface area contributed by atoms with E-state index in [1.807, 2.05) is 26.0 Å². The third-order valence-corrected chi connectivity index (χ3v) is 2.69. The number of hydrogen-bond acceptors (Lipinski definition) is 2. The standard InChI is InChI=1S/C11H9ClO2/c1-6-3-4-9-8(5-6)7(2)10(12)11(13)14-9/h3-5H,1-2H3. The van der Waals surface area contributed by atoms with Gasteiger partial charge >= 0.3 is 5.63 Å².